The van der Waals surface area contributed by atoms with E-state index in [9.17, 15) is 4.79 Å². The van der Waals surface area contributed by atoms with Crippen LogP contribution in [0, 0.1) is 0 Å². The molecule has 1 fully saturated rings. The van der Waals surface area contributed by atoms with E-state index in [-0.39, 0.29) is 0 Å². The highest BCUT2D eigenvalue weighted by atomic mass is 79.9. The van der Waals surface area contributed by atoms with Crippen LogP contribution in [0.2, 0.25) is 0 Å². The lowest BCUT2D eigenvalue weighted by molar-refractivity contribution is 0.242. The van der Waals surface area contributed by atoms with Gasteiger partial charge in [-0.25, -0.2) is 4.79 Å². The summed E-state index contributed by atoms with van der Waals surface area (Å²) in [6, 6.07) is 0. The maximum atomic E-state index is 10.9. The van der Waals surface area contributed by atoms with Crippen molar-refractivity contribution in [2.45, 2.75) is 37.6 Å². The van der Waals surface area contributed by atoms with Crippen LogP contribution in [0.25, 0.3) is 0 Å². The van der Waals surface area contributed by atoms with Crippen LogP contribution in [-0.4, -0.2) is 19.3 Å². The van der Waals surface area contributed by atoms with Crippen molar-refractivity contribution < 1.29 is 14.3 Å². The first-order valence-electron chi connectivity index (χ1n) is 6.99. The van der Waals surface area contributed by atoms with Crippen molar-refractivity contribution in [1.82, 2.24) is 0 Å². The van der Waals surface area contributed by atoms with Crippen molar-refractivity contribution >= 4 is 22.0 Å². The third-order valence-electron chi connectivity index (χ3n) is 4.64. The molecular formula is C15H14BrNO3. The number of benzene rings is 1. The lowest BCUT2D eigenvalue weighted by Crippen LogP contribution is -2.33. The van der Waals surface area contributed by atoms with Crippen molar-refractivity contribution in [2.75, 3.05) is 13.2 Å². The molecule has 1 aromatic carbocycles. The lowest BCUT2D eigenvalue weighted by atomic mass is 9.69. The van der Waals surface area contributed by atoms with E-state index in [0.29, 0.717) is 13.2 Å². The molecule has 2 heterocycles. The molecule has 1 saturated carbocycles. The van der Waals surface area contributed by atoms with Crippen LogP contribution in [-0.2, 0) is 23.2 Å². The van der Waals surface area contributed by atoms with Gasteiger partial charge in [0, 0.05) is 29.5 Å². The monoisotopic (exact) mass is 335 g/mol. The number of aliphatic imine (C=N–C) groups is 1. The number of fused-ring (bicyclic) bond motifs is 2. The Bertz CT molecular complexity index is 610. The first kappa shape index (κ1) is 12.4. The number of nitrogens with zero attached hydrogens (tertiary/aromatic N) is 1. The van der Waals surface area contributed by atoms with Crippen LogP contribution in [0.15, 0.2) is 9.47 Å². The van der Waals surface area contributed by atoms with Gasteiger partial charge in [-0.15, -0.1) is 0 Å². The molecule has 4 rings (SSSR count). The zero-order valence-electron chi connectivity index (χ0n) is 11.0. The Morgan fingerprint density at radius 2 is 1.80 bits per heavy atom. The molecule has 0 unspecified atom stereocenters. The van der Waals surface area contributed by atoms with Crippen molar-refractivity contribution in [3.8, 4) is 11.5 Å². The molecule has 5 heteroatoms. The minimum absolute atomic E-state index is 0.422. The topological polar surface area (TPSA) is 47.9 Å². The molecule has 1 aliphatic carbocycles. The fourth-order valence-electron chi connectivity index (χ4n) is 3.56. The molecule has 0 atom stereocenters. The van der Waals surface area contributed by atoms with Crippen molar-refractivity contribution in [1.29, 1.82) is 0 Å². The fourth-order valence-corrected chi connectivity index (χ4v) is 4.29. The maximum absolute atomic E-state index is 10.9. The molecule has 3 aliphatic rings. The summed E-state index contributed by atoms with van der Waals surface area (Å²) in [6.45, 7) is 1.37. The Morgan fingerprint density at radius 3 is 2.45 bits per heavy atom. The molecule has 0 bridgehead atoms. The minimum Gasteiger partial charge on any atom is -0.493 e. The van der Waals surface area contributed by atoms with Gasteiger partial charge in [0.25, 0.3) is 0 Å². The molecule has 0 N–H and O–H groups in total. The normalized spacial score (nSPS) is 21.1. The molecule has 2 aliphatic heterocycles. The first-order valence-corrected chi connectivity index (χ1v) is 7.78. The van der Waals surface area contributed by atoms with Gasteiger partial charge in [0.05, 0.1) is 17.7 Å². The molecule has 20 heavy (non-hydrogen) atoms. The quantitative estimate of drug-likeness (QED) is 0.616. The molecular weight excluding hydrogens is 322 g/mol. The summed E-state index contributed by atoms with van der Waals surface area (Å²) in [7, 11) is 0. The Morgan fingerprint density at radius 1 is 1.10 bits per heavy atom. The second kappa shape index (κ2) is 4.34. The van der Waals surface area contributed by atoms with Gasteiger partial charge in [-0.3, -0.25) is 0 Å². The summed E-state index contributed by atoms with van der Waals surface area (Å²) in [5.41, 5.74) is 2.99. The van der Waals surface area contributed by atoms with Gasteiger partial charge in [0.15, 0.2) is 0 Å². The van der Waals surface area contributed by atoms with E-state index in [0.717, 1.165) is 64.8 Å². The summed E-state index contributed by atoms with van der Waals surface area (Å²) in [5, 5.41) is 0. The van der Waals surface area contributed by atoms with Gasteiger partial charge < -0.3 is 9.47 Å². The number of carbonyl (C=O) groups excluding carboxylic acids is 1. The highest BCUT2D eigenvalue weighted by molar-refractivity contribution is 9.10. The van der Waals surface area contributed by atoms with Gasteiger partial charge in [0.1, 0.15) is 17.0 Å². The third-order valence-corrected chi connectivity index (χ3v) is 5.48. The number of rotatable bonds is 2. The fraction of sp³-hybridized carbons (Fsp3) is 0.533. The highest BCUT2D eigenvalue weighted by Crippen LogP contribution is 2.56. The van der Waals surface area contributed by atoms with Crippen LogP contribution < -0.4 is 9.47 Å². The standard InChI is InChI=1S/C15H14BrNO3/c16-12-10-3-7-19-13(10)11(9-2-6-20-14(9)12)15(17-8-18)4-1-5-15/h1-7H2. The number of hydrogen-bond donors (Lipinski definition) is 0. The molecule has 0 radical (unpaired) electrons. The van der Waals surface area contributed by atoms with Crippen LogP contribution in [0.1, 0.15) is 36.0 Å². The lowest BCUT2D eigenvalue weighted by Gasteiger charge is -2.39. The summed E-state index contributed by atoms with van der Waals surface area (Å²) in [4.78, 5) is 15.0. The average molecular weight is 336 g/mol. The van der Waals surface area contributed by atoms with E-state index < -0.39 is 5.54 Å². The maximum Gasteiger partial charge on any atom is 0.235 e. The SMILES string of the molecule is O=C=NC1(c2c3c(c(Br)c4c2OCC4)OCC3)CCC1. The molecule has 104 valence electrons. The summed E-state index contributed by atoms with van der Waals surface area (Å²) in [6.07, 6.45) is 6.38. The summed E-state index contributed by atoms with van der Waals surface area (Å²) < 4.78 is 12.7. The Labute approximate surface area is 125 Å². The second-order valence-corrected chi connectivity index (χ2v) is 6.38. The zero-order chi connectivity index (χ0) is 13.7. The predicted molar refractivity (Wildman–Crippen MR) is 76.2 cm³/mol. The van der Waals surface area contributed by atoms with E-state index in [4.69, 9.17) is 9.47 Å². The molecule has 1 aromatic rings. The molecule has 4 nitrogen and oxygen atoms in total. The average Bonchev–Trinajstić information content (AvgIpc) is 3.04. The van der Waals surface area contributed by atoms with E-state index in [1.54, 1.807) is 6.08 Å². The van der Waals surface area contributed by atoms with E-state index >= 15 is 0 Å². The molecule has 0 spiro atoms. The van der Waals surface area contributed by atoms with Gasteiger partial charge >= 0.3 is 0 Å². The van der Waals surface area contributed by atoms with Crippen LogP contribution in [0.3, 0.4) is 0 Å². The van der Waals surface area contributed by atoms with Gasteiger partial charge in [0.2, 0.25) is 6.08 Å². The minimum atomic E-state index is -0.422. The van der Waals surface area contributed by atoms with Crippen LogP contribution in [0.4, 0.5) is 0 Å². The smallest absolute Gasteiger partial charge is 0.235 e. The van der Waals surface area contributed by atoms with E-state index in [1.165, 1.54) is 0 Å². The Balaban J connectivity index is 2.02. The Hall–Kier alpha value is -1.32. The van der Waals surface area contributed by atoms with Crippen molar-refractivity contribution in [2.24, 2.45) is 4.99 Å². The van der Waals surface area contributed by atoms with Gasteiger partial charge in [-0.2, -0.15) is 4.99 Å². The van der Waals surface area contributed by atoms with Crippen molar-refractivity contribution in [3.05, 3.63) is 21.2 Å². The molecule has 0 saturated heterocycles. The zero-order valence-corrected chi connectivity index (χ0v) is 12.6. The second-order valence-electron chi connectivity index (χ2n) is 5.59. The first-order chi connectivity index (χ1) is 9.77. The van der Waals surface area contributed by atoms with Crippen LogP contribution in [0.5, 0.6) is 11.5 Å². The third kappa shape index (κ3) is 1.48. The Kier molecular flexibility index (Phi) is 2.69. The van der Waals surface area contributed by atoms with Crippen molar-refractivity contribution in [3.63, 3.8) is 0 Å². The van der Waals surface area contributed by atoms with Gasteiger partial charge in [-0.05, 0) is 35.2 Å². The van der Waals surface area contributed by atoms with E-state index in [1.807, 2.05) is 0 Å². The summed E-state index contributed by atoms with van der Waals surface area (Å²) >= 11 is 3.65. The highest BCUT2D eigenvalue weighted by Gasteiger charge is 2.46. The van der Waals surface area contributed by atoms with Crippen LogP contribution >= 0.6 is 15.9 Å². The largest absolute Gasteiger partial charge is 0.493 e. The van der Waals surface area contributed by atoms with E-state index in [2.05, 4.69) is 20.9 Å². The predicted octanol–water partition coefficient (Wildman–Crippen LogP) is 3.03. The number of hydrogen-bond acceptors (Lipinski definition) is 4. The number of ether oxygens (including phenoxy) is 2. The van der Waals surface area contributed by atoms with Gasteiger partial charge in [-0.1, -0.05) is 0 Å². The number of isocyanates is 1. The molecule has 0 amide bonds. The molecule has 0 aromatic heterocycles. The number of halogens is 1. The summed E-state index contributed by atoms with van der Waals surface area (Å²) in [5.74, 6) is 1.86.